The third-order valence-electron chi connectivity index (χ3n) is 11.2. The topological polar surface area (TPSA) is 150 Å². The van der Waals surface area contributed by atoms with E-state index in [0.29, 0.717) is 48.9 Å². The standard InChI is InChI=1S/C42H48F3N7O5S/c1-5-27-20-32(52-40(58)51(39(56)41(52,3)4)31-10-9-28(23-46)33(22-31)42(43,44)45)11-13-35(27)57-18-16-26-15-17-50(25(2)19-26)24-37(54)48-30-8-6-7-29(21-30)47-34-12-14-36(53)49-38(34)55/h6-11,13,20-22,25-26,34,38,47,55H,5,12,14-19,24H2,1-4H3,(H,48,54)(H,49,53)/t25-,26-,34?,38?/m1/s1. The number of anilines is 4. The molecular formula is C42H48F3N7O5S. The molecular weight excluding hydrogens is 772 g/mol. The summed E-state index contributed by atoms with van der Waals surface area (Å²) in [5.41, 5.74) is -0.110. The zero-order chi connectivity index (χ0) is 41.9. The molecule has 4 N–H and O–H groups in total. The van der Waals surface area contributed by atoms with Gasteiger partial charge in [-0.25, -0.2) is 0 Å². The van der Waals surface area contributed by atoms with Crippen LogP contribution in [-0.4, -0.2) is 76.4 Å². The van der Waals surface area contributed by atoms with Gasteiger partial charge >= 0.3 is 6.18 Å². The van der Waals surface area contributed by atoms with Crippen LogP contribution in [0.5, 0.6) is 5.75 Å². The third kappa shape index (κ3) is 9.22. The molecule has 4 atom stereocenters. The van der Waals surface area contributed by atoms with Crippen LogP contribution in [0.1, 0.15) is 76.5 Å². The van der Waals surface area contributed by atoms with E-state index in [-0.39, 0.29) is 41.2 Å². The molecule has 2 unspecified atom stereocenters. The highest BCUT2D eigenvalue weighted by molar-refractivity contribution is 7.81. The monoisotopic (exact) mass is 819 g/mol. The van der Waals surface area contributed by atoms with Gasteiger partial charge in [0.05, 0.1) is 42.1 Å². The molecule has 0 saturated carbocycles. The van der Waals surface area contributed by atoms with E-state index in [1.165, 1.54) is 6.07 Å². The Bertz CT molecular complexity index is 2110. The van der Waals surface area contributed by atoms with E-state index in [1.807, 2.05) is 43.3 Å². The molecule has 3 heterocycles. The number of aryl methyl sites for hydroxylation is 1. The van der Waals surface area contributed by atoms with Gasteiger partial charge in [0.2, 0.25) is 11.8 Å². The number of nitriles is 1. The zero-order valence-corrected chi connectivity index (χ0v) is 33.7. The van der Waals surface area contributed by atoms with Crippen molar-refractivity contribution in [2.75, 3.05) is 40.1 Å². The number of ether oxygens (including phenoxy) is 1. The lowest BCUT2D eigenvalue weighted by atomic mass is 9.89. The van der Waals surface area contributed by atoms with E-state index in [4.69, 9.17) is 17.0 Å². The first-order valence-electron chi connectivity index (χ1n) is 19.4. The van der Waals surface area contributed by atoms with Crippen LogP contribution in [0.25, 0.3) is 0 Å². The molecule has 3 aromatic rings. The Hall–Kier alpha value is -5.24. The maximum atomic E-state index is 13.8. The first-order valence-corrected chi connectivity index (χ1v) is 19.8. The minimum absolute atomic E-state index is 0.0258. The summed E-state index contributed by atoms with van der Waals surface area (Å²) in [6.45, 7) is 8.94. The van der Waals surface area contributed by atoms with Gasteiger partial charge in [0, 0.05) is 29.5 Å². The van der Waals surface area contributed by atoms with Gasteiger partial charge in [-0.15, -0.1) is 0 Å². The maximum Gasteiger partial charge on any atom is 0.417 e. The van der Waals surface area contributed by atoms with Crippen molar-refractivity contribution >= 4 is 57.8 Å². The summed E-state index contributed by atoms with van der Waals surface area (Å²) in [6, 6.07) is 17.3. The van der Waals surface area contributed by atoms with Gasteiger partial charge in [-0.05, 0) is 138 Å². The Morgan fingerprint density at radius 3 is 2.52 bits per heavy atom. The number of benzene rings is 3. The third-order valence-corrected chi connectivity index (χ3v) is 11.5. The summed E-state index contributed by atoms with van der Waals surface area (Å²) in [5.74, 6) is 0.303. The van der Waals surface area contributed by atoms with E-state index < -0.39 is 35.0 Å². The Morgan fingerprint density at radius 1 is 1.09 bits per heavy atom. The quantitative estimate of drug-likeness (QED) is 0.148. The molecule has 0 radical (unpaired) electrons. The number of piperidine rings is 2. The second-order valence-corrected chi connectivity index (χ2v) is 15.9. The molecule has 3 amide bonds. The summed E-state index contributed by atoms with van der Waals surface area (Å²) in [4.78, 5) is 43.2. The number of thiocarbonyl (C=S) groups is 1. The van der Waals surface area contributed by atoms with Crippen LogP contribution < -0.4 is 30.5 Å². The lowest BCUT2D eigenvalue weighted by Crippen LogP contribution is -2.51. The molecule has 6 rings (SSSR count). The van der Waals surface area contributed by atoms with Crippen molar-refractivity contribution in [1.82, 2.24) is 10.2 Å². The predicted molar refractivity (Wildman–Crippen MR) is 218 cm³/mol. The fraction of sp³-hybridized carbons (Fsp3) is 0.452. The smallest absolute Gasteiger partial charge is 0.417 e. The number of hydrogen-bond donors (Lipinski definition) is 4. The van der Waals surface area contributed by atoms with Crippen molar-refractivity contribution in [2.45, 2.75) is 96.2 Å². The Balaban J connectivity index is 1.01. The fourth-order valence-electron chi connectivity index (χ4n) is 7.95. The fourth-order valence-corrected chi connectivity index (χ4v) is 8.47. The van der Waals surface area contributed by atoms with Crippen molar-refractivity contribution < 1.29 is 37.4 Å². The van der Waals surface area contributed by atoms with Crippen molar-refractivity contribution in [3.05, 3.63) is 77.4 Å². The predicted octanol–water partition coefficient (Wildman–Crippen LogP) is 6.57. The highest BCUT2D eigenvalue weighted by Gasteiger charge is 2.51. The molecule has 16 heteroatoms. The highest BCUT2D eigenvalue weighted by atomic mass is 32.1. The molecule has 0 aromatic heterocycles. The number of aliphatic hydroxyl groups excluding tert-OH is 1. The number of nitrogens with zero attached hydrogens (tertiary/aromatic N) is 4. The van der Waals surface area contributed by atoms with E-state index in [9.17, 15) is 37.9 Å². The number of rotatable bonds is 12. The summed E-state index contributed by atoms with van der Waals surface area (Å²) in [5, 5.41) is 28.2. The molecule has 3 aliphatic rings. The molecule has 3 fully saturated rings. The van der Waals surface area contributed by atoms with Crippen LogP contribution in [0.4, 0.5) is 35.9 Å². The first kappa shape index (κ1) is 42.4. The number of alkyl halides is 3. The molecule has 3 saturated heterocycles. The molecule has 0 aliphatic carbocycles. The van der Waals surface area contributed by atoms with Crippen LogP contribution in [0, 0.1) is 17.2 Å². The molecule has 0 bridgehead atoms. The summed E-state index contributed by atoms with van der Waals surface area (Å²) in [6.07, 6.45) is -1.68. The van der Waals surface area contributed by atoms with Crippen LogP contribution in [0.15, 0.2) is 60.7 Å². The van der Waals surface area contributed by atoms with Gasteiger partial charge in [0.25, 0.3) is 5.91 Å². The van der Waals surface area contributed by atoms with E-state index in [1.54, 1.807) is 30.9 Å². The van der Waals surface area contributed by atoms with E-state index >= 15 is 0 Å². The van der Waals surface area contributed by atoms with E-state index in [2.05, 4.69) is 27.8 Å². The second kappa shape index (κ2) is 17.3. The molecule has 12 nitrogen and oxygen atoms in total. The van der Waals surface area contributed by atoms with Crippen LogP contribution >= 0.6 is 12.2 Å². The number of carbonyl (C=O) groups excluding carboxylic acids is 3. The molecule has 58 heavy (non-hydrogen) atoms. The van der Waals surface area contributed by atoms with Crippen LogP contribution in [0.2, 0.25) is 0 Å². The van der Waals surface area contributed by atoms with Gasteiger partial charge in [-0.1, -0.05) is 13.0 Å². The Morgan fingerprint density at radius 2 is 1.83 bits per heavy atom. The first-order chi connectivity index (χ1) is 27.5. The van der Waals surface area contributed by atoms with Crippen LogP contribution in [0.3, 0.4) is 0 Å². The van der Waals surface area contributed by atoms with Crippen molar-refractivity contribution in [3.8, 4) is 11.8 Å². The lowest BCUT2D eigenvalue weighted by molar-refractivity contribution is -0.137. The van der Waals surface area contributed by atoms with Crippen molar-refractivity contribution in [3.63, 3.8) is 0 Å². The summed E-state index contributed by atoms with van der Waals surface area (Å²) < 4.78 is 47.6. The normalized spacial score (nSPS) is 22.4. The van der Waals surface area contributed by atoms with Gasteiger partial charge in [-0.2, -0.15) is 18.4 Å². The van der Waals surface area contributed by atoms with Crippen molar-refractivity contribution in [1.29, 1.82) is 5.26 Å². The second-order valence-electron chi connectivity index (χ2n) is 15.6. The number of aliphatic hydroxyl groups is 1. The van der Waals surface area contributed by atoms with Gasteiger partial charge in [0.1, 0.15) is 17.5 Å². The minimum atomic E-state index is -4.79. The number of likely N-dealkylation sites (tertiary alicyclic amines) is 1. The lowest BCUT2D eigenvalue weighted by Gasteiger charge is -2.37. The number of hydrogen-bond acceptors (Lipinski definition) is 9. The number of halogens is 3. The largest absolute Gasteiger partial charge is 0.493 e. The highest BCUT2D eigenvalue weighted by Crippen LogP contribution is 2.41. The maximum absolute atomic E-state index is 13.8. The van der Waals surface area contributed by atoms with E-state index in [0.717, 1.165) is 54.1 Å². The number of nitrogens with one attached hydrogen (secondary N) is 3. The Kier molecular flexibility index (Phi) is 12.6. The van der Waals surface area contributed by atoms with Gasteiger partial charge in [0.15, 0.2) is 5.11 Å². The van der Waals surface area contributed by atoms with Crippen molar-refractivity contribution in [2.24, 2.45) is 5.92 Å². The van der Waals surface area contributed by atoms with Crippen LogP contribution in [-0.2, 0) is 27.0 Å². The number of carbonyl (C=O) groups is 3. The zero-order valence-electron chi connectivity index (χ0n) is 32.9. The average molecular weight is 820 g/mol. The summed E-state index contributed by atoms with van der Waals surface area (Å²) >= 11 is 5.72. The summed E-state index contributed by atoms with van der Waals surface area (Å²) in [7, 11) is 0. The molecule has 3 aliphatic heterocycles. The minimum Gasteiger partial charge on any atom is -0.493 e. The number of amides is 3. The Labute approximate surface area is 341 Å². The molecule has 0 spiro atoms. The molecule has 3 aromatic carbocycles. The van der Waals surface area contributed by atoms with Gasteiger partial charge in [-0.3, -0.25) is 24.2 Å². The van der Waals surface area contributed by atoms with Gasteiger partial charge < -0.3 is 30.7 Å². The average Bonchev–Trinajstić information content (AvgIpc) is 3.35. The SMILES string of the molecule is CCc1cc(N2C(=S)N(c3ccc(C#N)c(C(F)(F)F)c3)C(=O)C2(C)C)ccc1OCC[C@H]1CCN(CC(=O)Nc2cccc(NC3CCC(=O)NC3O)c2)[C@H](C)C1. The molecule has 308 valence electrons.